The number of benzene rings is 1. The first kappa shape index (κ1) is 14.8. The van der Waals surface area contributed by atoms with Crippen LogP contribution in [0.4, 0.5) is 21.0 Å². The van der Waals surface area contributed by atoms with E-state index in [9.17, 15) is 9.59 Å². The maximum Gasteiger partial charge on any atom is 0.409 e. The molecule has 1 aromatic carbocycles. The fourth-order valence-corrected chi connectivity index (χ4v) is 2.13. The van der Waals surface area contributed by atoms with E-state index in [0.29, 0.717) is 29.8 Å². The van der Waals surface area contributed by atoms with Gasteiger partial charge in [0.25, 0.3) is 0 Å². The van der Waals surface area contributed by atoms with Crippen molar-refractivity contribution < 1.29 is 19.8 Å². The number of aryl methyl sites for hydroxylation is 1. The molecule has 1 aromatic rings. The largest absolute Gasteiger partial charge is 0.465 e. The number of carbonyl (C=O) groups is 2. The van der Waals surface area contributed by atoms with Crippen molar-refractivity contribution in [2.24, 2.45) is 0 Å². The molecule has 104 valence electrons. The Hall–Kier alpha value is -2.24. The van der Waals surface area contributed by atoms with Crippen molar-refractivity contribution in [2.45, 2.75) is 33.6 Å². The van der Waals surface area contributed by atoms with E-state index in [-0.39, 0.29) is 0 Å². The van der Waals surface area contributed by atoms with Crippen LogP contribution in [0.15, 0.2) is 6.07 Å². The van der Waals surface area contributed by atoms with Gasteiger partial charge in [-0.05, 0) is 42.5 Å². The van der Waals surface area contributed by atoms with Gasteiger partial charge in [0.05, 0.1) is 5.69 Å². The number of amides is 2. The normalized spacial score (nSPS) is 10.1. The van der Waals surface area contributed by atoms with Gasteiger partial charge in [0.2, 0.25) is 0 Å². The van der Waals surface area contributed by atoms with Crippen molar-refractivity contribution in [1.82, 2.24) is 0 Å². The molecule has 0 saturated heterocycles. The Morgan fingerprint density at radius 2 is 1.68 bits per heavy atom. The molecule has 0 aliphatic rings. The molecule has 0 aliphatic heterocycles. The lowest BCUT2D eigenvalue weighted by atomic mass is 9.96. The van der Waals surface area contributed by atoms with Crippen LogP contribution in [-0.4, -0.2) is 22.4 Å². The topological polar surface area (TPSA) is 98.7 Å². The molecule has 1 rings (SSSR count). The summed E-state index contributed by atoms with van der Waals surface area (Å²) in [6.45, 7) is 5.57. The summed E-state index contributed by atoms with van der Waals surface area (Å²) in [5, 5.41) is 22.4. The van der Waals surface area contributed by atoms with E-state index in [4.69, 9.17) is 10.2 Å². The second-order valence-electron chi connectivity index (χ2n) is 4.13. The summed E-state index contributed by atoms with van der Waals surface area (Å²) in [6.07, 6.45) is -0.957. The van der Waals surface area contributed by atoms with Crippen LogP contribution in [-0.2, 0) is 12.8 Å². The van der Waals surface area contributed by atoms with Crippen LogP contribution >= 0.6 is 0 Å². The lowest BCUT2D eigenvalue weighted by molar-refractivity contribution is 0.208. The number of rotatable bonds is 4. The maximum absolute atomic E-state index is 10.9. The SMILES string of the molecule is CCc1cc(NC(=O)O)c(C)c(NC(=O)O)c1CC. The van der Waals surface area contributed by atoms with E-state index in [2.05, 4.69) is 10.6 Å². The van der Waals surface area contributed by atoms with Gasteiger partial charge in [-0.3, -0.25) is 10.6 Å². The first-order valence-electron chi connectivity index (χ1n) is 6.05. The van der Waals surface area contributed by atoms with Crippen molar-refractivity contribution in [3.8, 4) is 0 Å². The number of nitrogens with one attached hydrogen (secondary N) is 2. The molecule has 0 aliphatic carbocycles. The predicted octanol–water partition coefficient (Wildman–Crippen LogP) is 3.30. The van der Waals surface area contributed by atoms with Gasteiger partial charge < -0.3 is 10.2 Å². The molecule has 0 radical (unpaired) electrons. The fraction of sp³-hybridized carbons (Fsp3) is 0.385. The molecule has 0 atom stereocenters. The molecule has 6 nitrogen and oxygen atoms in total. The summed E-state index contributed by atoms with van der Waals surface area (Å²) >= 11 is 0. The van der Waals surface area contributed by atoms with Crippen molar-refractivity contribution in [2.75, 3.05) is 10.6 Å². The number of hydrogen-bond acceptors (Lipinski definition) is 2. The number of anilines is 2. The second kappa shape index (κ2) is 6.08. The van der Waals surface area contributed by atoms with Crippen molar-refractivity contribution in [3.63, 3.8) is 0 Å². The van der Waals surface area contributed by atoms with Crippen LogP contribution in [0.3, 0.4) is 0 Å². The molecule has 0 spiro atoms. The highest BCUT2D eigenvalue weighted by atomic mass is 16.4. The second-order valence-corrected chi connectivity index (χ2v) is 4.13. The number of carboxylic acid groups (broad SMARTS) is 2. The van der Waals surface area contributed by atoms with E-state index in [0.717, 1.165) is 11.1 Å². The summed E-state index contributed by atoms with van der Waals surface area (Å²) in [6, 6.07) is 1.76. The summed E-state index contributed by atoms with van der Waals surface area (Å²) in [5.74, 6) is 0. The van der Waals surface area contributed by atoms with Crippen LogP contribution in [0, 0.1) is 6.92 Å². The quantitative estimate of drug-likeness (QED) is 0.672. The summed E-state index contributed by atoms with van der Waals surface area (Å²) in [5.41, 5.74) is 3.29. The Morgan fingerprint density at radius 1 is 1.11 bits per heavy atom. The molecule has 0 heterocycles. The average Bonchev–Trinajstić information content (AvgIpc) is 2.32. The van der Waals surface area contributed by atoms with E-state index < -0.39 is 12.2 Å². The zero-order valence-electron chi connectivity index (χ0n) is 11.2. The van der Waals surface area contributed by atoms with Gasteiger partial charge in [0.15, 0.2) is 0 Å². The molecule has 0 fully saturated rings. The first-order chi connectivity index (χ1) is 8.90. The smallest absolute Gasteiger partial charge is 0.409 e. The Balaban J connectivity index is 3.45. The Kier molecular flexibility index (Phi) is 4.74. The summed E-state index contributed by atoms with van der Waals surface area (Å²) < 4.78 is 0. The maximum atomic E-state index is 10.9. The van der Waals surface area contributed by atoms with Crippen LogP contribution < -0.4 is 10.6 Å². The zero-order chi connectivity index (χ0) is 14.6. The zero-order valence-corrected chi connectivity index (χ0v) is 11.2. The minimum absolute atomic E-state index is 0.408. The highest BCUT2D eigenvalue weighted by Gasteiger charge is 2.16. The lowest BCUT2D eigenvalue weighted by Gasteiger charge is -2.18. The van der Waals surface area contributed by atoms with E-state index in [1.807, 2.05) is 13.8 Å². The summed E-state index contributed by atoms with van der Waals surface area (Å²) in [7, 11) is 0. The molecule has 19 heavy (non-hydrogen) atoms. The standard InChI is InChI=1S/C13H18N2O4/c1-4-8-6-10(14-12(16)17)7(3)11(9(8)5-2)15-13(18)19/h6,14-15H,4-5H2,1-3H3,(H,16,17)(H,18,19). The minimum atomic E-state index is -1.17. The Bertz CT molecular complexity index is 512. The fourth-order valence-electron chi connectivity index (χ4n) is 2.13. The third-order valence-electron chi connectivity index (χ3n) is 2.99. The van der Waals surface area contributed by atoms with Crippen molar-refractivity contribution >= 4 is 23.6 Å². The Labute approximate surface area is 111 Å². The third kappa shape index (κ3) is 3.37. The van der Waals surface area contributed by atoms with Gasteiger partial charge in [-0.25, -0.2) is 9.59 Å². The van der Waals surface area contributed by atoms with Gasteiger partial charge in [-0.2, -0.15) is 0 Å². The van der Waals surface area contributed by atoms with E-state index in [1.54, 1.807) is 13.0 Å². The molecule has 0 saturated carbocycles. The van der Waals surface area contributed by atoms with Crippen LogP contribution in [0.5, 0.6) is 0 Å². The highest BCUT2D eigenvalue weighted by Crippen LogP contribution is 2.32. The molecular formula is C13H18N2O4. The van der Waals surface area contributed by atoms with E-state index in [1.165, 1.54) is 0 Å². The van der Waals surface area contributed by atoms with Crippen LogP contribution in [0.2, 0.25) is 0 Å². The third-order valence-corrected chi connectivity index (χ3v) is 2.99. The number of hydrogen-bond donors (Lipinski definition) is 4. The predicted molar refractivity (Wildman–Crippen MR) is 73.2 cm³/mol. The molecule has 0 bridgehead atoms. The van der Waals surface area contributed by atoms with Gasteiger partial charge in [0.1, 0.15) is 0 Å². The molecule has 6 heteroatoms. The first-order valence-corrected chi connectivity index (χ1v) is 6.05. The van der Waals surface area contributed by atoms with Gasteiger partial charge in [0, 0.05) is 5.69 Å². The van der Waals surface area contributed by atoms with E-state index >= 15 is 0 Å². The average molecular weight is 266 g/mol. The lowest BCUT2D eigenvalue weighted by Crippen LogP contribution is -2.15. The Morgan fingerprint density at radius 3 is 2.11 bits per heavy atom. The van der Waals surface area contributed by atoms with Gasteiger partial charge in [-0.1, -0.05) is 13.8 Å². The van der Waals surface area contributed by atoms with Crippen LogP contribution in [0.25, 0.3) is 0 Å². The monoisotopic (exact) mass is 266 g/mol. The molecule has 0 aromatic heterocycles. The van der Waals surface area contributed by atoms with Crippen molar-refractivity contribution in [3.05, 3.63) is 22.8 Å². The minimum Gasteiger partial charge on any atom is -0.465 e. The highest BCUT2D eigenvalue weighted by molar-refractivity contribution is 5.91. The van der Waals surface area contributed by atoms with Gasteiger partial charge >= 0.3 is 12.2 Å². The van der Waals surface area contributed by atoms with Crippen molar-refractivity contribution in [1.29, 1.82) is 0 Å². The molecule has 0 unspecified atom stereocenters. The molecular weight excluding hydrogens is 248 g/mol. The molecule has 2 amide bonds. The molecule has 4 N–H and O–H groups in total. The summed E-state index contributed by atoms with van der Waals surface area (Å²) in [4.78, 5) is 21.6. The van der Waals surface area contributed by atoms with Crippen LogP contribution in [0.1, 0.15) is 30.5 Å². The van der Waals surface area contributed by atoms with Gasteiger partial charge in [-0.15, -0.1) is 0 Å².